The van der Waals surface area contributed by atoms with Gasteiger partial charge in [0.15, 0.2) is 17.4 Å². The summed E-state index contributed by atoms with van der Waals surface area (Å²) in [5, 5.41) is 5.24. The average molecular weight is 426 g/mol. The van der Waals surface area contributed by atoms with E-state index in [1.807, 2.05) is 0 Å². The number of carbonyl (C=O) groups is 1. The van der Waals surface area contributed by atoms with E-state index in [0.717, 1.165) is 18.0 Å². The van der Waals surface area contributed by atoms with Crippen molar-refractivity contribution in [3.63, 3.8) is 0 Å². The van der Waals surface area contributed by atoms with Gasteiger partial charge in [-0.15, -0.1) is 0 Å². The van der Waals surface area contributed by atoms with Gasteiger partial charge in [-0.25, -0.2) is 13.8 Å². The van der Waals surface area contributed by atoms with Crippen LogP contribution in [0.1, 0.15) is 28.4 Å². The van der Waals surface area contributed by atoms with Gasteiger partial charge in [0.2, 0.25) is 5.82 Å². The number of allylic oxidation sites excluding steroid dienone is 1. The topological polar surface area (TPSA) is 76.1 Å². The number of nitrogens with zero attached hydrogens (tertiary/aromatic N) is 2. The normalized spacial score (nSPS) is 12.2. The van der Waals surface area contributed by atoms with Crippen molar-refractivity contribution in [3.05, 3.63) is 76.4 Å². The van der Waals surface area contributed by atoms with Crippen LogP contribution in [0, 0.1) is 17.5 Å². The first-order valence-electron chi connectivity index (χ1n) is 9.33. The number of halogens is 3. The Kier molecular flexibility index (Phi) is 5.33. The second kappa shape index (κ2) is 8.10. The zero-order valence-electron chi connectivity index (χ0n) is 16.6. The van der Waals surface area contributed by atoms with Crippen molar-refractivity contribution in [2.24, 2.45) is 0 Å². The number of hydrogen-bond donors (Lipinski definition) is 2. The average Bonchev–Trinajstić information content (AvgIpc) is 3.17. The largest absolute Gasteiger partial charge is 0.433 e. The molecule has 9 heteroatoms. The molecule has 0 saturated carbocycles. The van der Waals surface area contributed by atoms with Crippen molar-refractivity contribution in [3.8, 4) is 11.6 Å². The SMILES string of the molecule is CNC(=O)c1ccc(Nc2ncnc(Oc3cc(F)c4c(c3F)C=C(C)C4)c2F)cc1. The number of anilines is 2. The van der Waals surface area contributed by atoms with Crippen molar-refractivity contribution in [2.75, 3.05) is 12.4 Å². The predicted octanol–water partition coefficient (Wildman–Crippen LogP) is 4.75. The number of benzene rings is 2. The van der Waals surface area contributed by atoms with Crippen LogP contribution in [0.2, 0.25) is 0 Å². The number of amides is 1. The summed E-state index contributed by atoms with van der Waals surface area (Å²) in [6.45, 7) is 1.77. The van der Waals surface area contributed by atoms with Crippen molar-refractivity contribution >= 4 is 23.5 Å². The second-order valence-corrected chi connectivity index (χ2v) is 6.96. The van der Waals surface area contributed by atoms with E-state index in [4.69, 9.17) is 4.74 Å². The molecule has 2 aromatic carbocycles. The molecule has 0 saturated heterocycles. The Morgan fingerprint density at radius 1 is 1.10 bits per heavy atom. The standard InChI is InChI=1S/C22H17F3N4O2/c1-11-7-14-15(8-11)18(24)17(9-16(14)23)31-22-19(25)20(27-10-28-22)29-13-5-3-12(4-6-13)21(30)26-2/h3-6,8-10H,7H2,1-2H3,(H,26,30)(H,27,28,29). The number of rotatable bonds is 5. The molecular weight excluding hydrogens is 409 g/mol. The van der Waals surface area contributed by atoms with Gasteiger partial charge in [0.1, 0.15) is 12.1 Å². The molecule has 0 unspecified atom stereocenters. The lowest BCUT2D eigenvalue weighted by Crippen LogP contribution is -2.17. The van der Waals surface area contributed by atoms with Gasteiger partial charge in [-0.1, -0.05) is 11.6 Å². The second-order valence-electron chi connectivity index (χ2n) is 6.96. The van der Waals surface area contributed by atoms with Gasteiger partial charge in [0.05, 0.1) is 0 Å². The van der Waals surface area contributed by atoms with E-state index in [2.05, 4.69) is 20.6 Å². The molecule has 1 aromatic heterocycles. The van der Waals surface area contributed by atoms with Crippen molar-refractivity contribution < 1.29 is 22.7 Å². The molecule has 3 aromatic rings. The molecule has 0 aliphatic heterocycles. The Balaban J connectivity index is 1.60. The van der Waals surface area contributed by atoms with Crippen LogP contribution in [0.3, 0.4) is 0 Å². The Labute approximate surface area is 175 Å². The minimum Gasteiger partial charge on any atom is -0.433 e. The number of ether oxygens (including phenoxy) is 1. The van der Waals surface area contributed by atoms with E-state index < -0.39 is 29.1 Å². The summed E-state index contributed by atoms with van der Waals surface area (Å²) in [5.41, 5.74) is 2.03. The molecule has 0 spiro atoms. The molecule has 1 heterocycles. The lowest BCUT2D eigenvalue weighted by molar-refractivity contribution is 0.0963. The molecule has 6 nitrogen and oxygen atoms in total. The van der Waals surface area contributed by atoms with Crippen LogP contribution in [0.15, 0.2) is 42.2 Å². The molecule has 1 aliphatic rings. The summed E-state index contributed by atoms with van der Waals surface area (Å²) in [6.07, 6.45) is 2.88. The van der Waals surface area contributed by atoms with Gasteiger partial charge in [0, 0.05) is 35.5 Å². The Hall–Kier alpha value is -3.88. The molecular formula is C22H17F3N4O2. The number of fused-ring (bicyclic) bond motifs is 1. The fourth-order valence-corrected chi connectivity index (χ4v) is 3.24. The van der Waals surface area contributed by atoms with E-state index in [1.165, 1.54) is 13.1 Å². The van der Waals surface area contributed by atoms with Gasteiger partial charge in [-0.2, -0.15) is 9.37 Å². The maximum absolute atomic E-state index is 14.9. The third kappa shape index (κ3) is 3.94. The predicted molar refractivity (Wildman–Crippen MR) is 109 cm³/mol. The molecule has 0 bridgehead atoms. The molecule has 4 rings (SSSR count). The van der Waals surface area contributed by atoms with Crippen LogP contribution < -0.4 is 15.4 Å². The molecule has 2 N–H and O–H groups in total. The highest BCUT2D eigenvalue weighted by molar-refractivity contribution is 5.94. The summed E-state index contributed by atoms with van der Waals surface area (Å²) < 4.78 is 49.2. The maximum atomic E-state index is 14.9. The summed E-state index contributed by atoms with van der Waals surface area (Å²) in [4.78, 5) is 19.1. The maximum Gasteiger partial charge on any atom is 0.261 e. The number of nitrogens with one attached hydrogen (secondary N) is 2. The van der Waals surface area contributed by atoms with Crippen LogP contribution in [0.5, 0.6) is 11.6 Å². The van der Waals surface area contributed by atoms with Crippen molar-refractivity contribution in [1.82, 2.24) is 15.3 Å². The minimum absolute atomic E-state index is 0.0940. The van der Waals surface area contributed by atoms with E-state index >= 15 is 0 Å². The number of hydrogen-bond acceptors (Lipinski definition) is 5. The van der Waals surface area contributed by atoms with Crippen LogP contribution >= 0.6 is 0 Å². The van der Waals surface area contributed by atoms with Crippen LogP contribution in [0.4, 0.5) is 24.7 Å². The lowest BCUT2D eigenvalue weighted by atomic mass is 10.1. The number of carbonyl (C=O) groups excluding carboxylic acids is 1. The lowest BCUT2D eigenvalue weighted by Gasteiger charge is -2.12. The van der Waals surface area contributed by atoms with Gasteiger partial charge in [-0.05, 0) is 37.6 Å². The first-order chi connectivity index (χ1) is 14.9. The third-order valence-electron chi connectivity index (χ3n) is 4.77. The van der Waals surface area contributed by atoms with E-state index in [0.29, 0.717) is 17.7 Å². The first kappa shape index (κ1) is 20.4. The van der Waals surface area contributed by atoms with Crippen LogP contribution in [-0.4, -0.2) is 22.9 Å². The van der Waals surface area contributed by atoms with E-state index in [-0.39, 0.29) is 22.9 Å². The molecule has 0 radical (unpaired) electrons. The first-order valence-corrected chi connectivity index (χ1v) is 9.33. The smallest absolute Gasteiger partial charge is 0.261 e. The van der Waals surface area contributed by atoms with E-state index in [1.54, 1.807) is 31.2 Å². The van der Waals surface area contributed by atoms with Crippen LogP contribution in [0.25, 0.3) is 6.08 Å². The molecule has 1 amide bonds. The van der Waals surface area contributed by atoms with Gasteiger partial charge in [0.25, 0.3) is 11.8 Å². The number of aromatic nitrogens is 2. The molecule has 1 aliphatic carbocycles. The molecule has 158 valence electrons. The van der Waals surface area contributed by atoms with Gasteiger partial charge < -0.3 is 15.4 Å². The van der Waals surface area contributed by atoms with Crippen molar-refractivity contribution in [1.29, 1.82) is 0 Å². The zero-order valence-corrected chi connectivity index (χ0v) is 16.6. The van der Waals surface area contributed by atoms with Gasteiger partial charge in [-0.3, -0.25) is 4.79 Å². The van der Waals surface area contributed by atoms with Crippen molar-refractivity contribution in [2.45, 2.75) is 13.3 Å². The Bertz CT molecular complexity index is 1210. The molecule has 0 fully saturated rings. The van der Waals surface area contributed by atoms with Gasteiger partial charge >= 0.3 is 0 Å². The Morgan fingerprint density at radius 3 is 2.55 bits per heavy atom. The highest BCUT2D eigenvalue weighted by Crippen LogP contribution is 2.37. The highest BCUT2D eigenvalue weighted by atomic mass is 19.1. The summed E-state index contributed by atoms with van der Waals surface area (Å²) >= 11 is 0. The fraction of sp³-hybridized carbons (Fsp3) is 0.136. The third-order valence-corrected chi connectivity index (χ3v) is 4.77. The summed E-state index contributed by atoms with van der Waals surface area (Å²) in [7, 11) is 1.51. The quantitative estimate of drug-likeness (QED) is 0.616. The van der Waals surface area contributed by atoms with E-state index in [9.17, 15) is 18.0 Å². The molecule has 0 atom stereocenters. The Morgan fingerprint density at radius 2 is 1.84 bits per heavy atom. The minimum atomic E-state index is -0.982. The molecule has 31 heavy (non-hydrogen) atoms. The van der Waals surface area contributed by atoms with Crippen LogP contribution in [-0.2, 0) is 6.42 Å². The highest BCUT2D eigenvalue weighted by Gasteiger charge is 2.24. The monoisotopic (exact) mass is 426 g/mol. The fourth-order valence-electron chi connectivity index (χ4n) is 3.24. The summed E-state index contributed by atoms with van der Waals surface area (Å²) in [5.74, 6) is -3.92. The zero-order chi connectivity index (χ0) is 22.1. The summed E-state index contributed by atoms with van der Waals surface area (Å²) in [6, 6.07) is 7.12.